The molecule has 0 saturated carbocycles. The molecule has 136 valence electrons. The van der Waals surface area contributed by atoms with Gasteiger partial charge in [-0.3, -0.25) is 5.32 Å². The first kappa shape index (κ1) is 16.6. The summed E-state index contributed by atoms with van der Waals surface area (Å²) in [7, 11) is 1.60. The molecule has 1 fully saturated rings. The number of hydrogen-bond acceptors (Lipinski definition) is 7. The second-order valence-electron chi connectivity index (χ2n) is 6.09. The third kappa shape index (κ3) is 3.43. The SMILES string of the molecule is COc1ccc(-c2nc(Cc3noc(C4CC(F)(F)CN4)n3)co2)cc1. The van der Waals surface area contributed by atoms with Crippen molar-refractivity contribution in [1.29, 1.82) is 0 Å². The van der Waals surface area contributed by atoms with Crippen LogP contribution in [0.2, 0.25) is 0 Å². The number of rotatable bonds is 5. The van der Waals surface area contributed by atoms with Crippen molar-refractivity contribution in [2.24, 2.45) is 0 Å². The standard InChI is InChI=1S/C17H16F2N4O3/c1-24-12-4-2-10(3-5-12)15-21-11(8-25-15)6-14-22-16(26-23-14)13-7-17(18,19)9-20-13/h2-5,8,13,20H,6-7,9H2,1H3. The summed E-state index contributed by atoms with van der Waals surface area (Å²) in [6, 6.07) is 6.68. The minimum atomic E-state index is -2.75. The summed E-state index contributed by atoms with van der Waals surface area (Å²) in [6.45, 7) is -0.385. The van der Waals surface area contributed by atoms with Crippen molar-refractivity contribution in [3.63, 3.8) is 0 Å². The lowest BCUT2D eigenvalue weighted by molar-refractivity contribution is 0.0200. The number of benzene rings is 1. The van der Waals surface area contributed by atoms with Crippen LogP contribution < -0.4 is 10.1 Å². The van der Waals surface area contributed by atoms with Gasteiger partial charge >= 0.3 is 0 Å². The number of nitrogens with one attached hydrogen (secondary N) is 1. The number of alkyl halides is 2. The minimum Gasteiger partial charge on any atom is -0.497 e. The van der Waals surface area contributed by atoms with E-state index in [1.54, 1.807) is 7.11 Å². The van der Waals surface area contributed by atoms with Crippen molar-refractivity contribution in [2.45, 2.75) is 24.8 Å². The van der Waals surface area contributed by atoms with Gasteiger partial charge in [0.15, 0.2) is 5.82 Å². The van der Waals surface area contributed by atoms with Crippen LogP contribution in [0.4, 0.5) is 8.78 Å². The Balaban J connectivity index is 1.44. The van der Waals surface area contributed by atoms with Crippen molar-refractivity contribution >= 4 is 0 Å². The molecule has 1 aromatic carbocycles. The lowest BCUT2D eigenvalue weighted by Gasteiger charge is -2.04. The third-order valence-electron chi connectivity index (χ3n) is 4.12. The van der Waals surface area contributed by atoms with Crippen molar-refractivity contribution in [1.82, 2.24) is 20.4 Å². The van der Waals surface area contributed by atoms with Gasteiger partial charge in [0.2, 0.25) is 11.8 Å². The zero-order valence-corrected chi connectivity index (χ0v) is 13.9. The molecular weight excluding hydrogens is 346 g/mol. The summed E-state index contributed by atoms with van der Waals surface area (Å²) in [4.78, 5) is 8.58. The molecule has 1 atom stereocenters. The average molecular weight is 362 g/mol. The largest absolute Gasteiger partial charge is 0.497 e. The number of oxazole rings is 1. The fraction of sp³-hybridized carbons (Fsp3) is 0.353. The van der Waals surface area contributed by atoms with Crippen LogP contribution in [0, 0.1) is 0 Å². The molecule has 2 aromatic heterocycles. The Morgan fingerprint density at radius 3 is 2.77 bits per heavy atom. The molecule has 0 amide bonds. The zero-order chi connectivity index (χ0) is 18.1. The van der Waals surface area contributed by atoms with Gasteiger partial charge in [-0.15, -0.1) is 0 Å². The normalized spacial score (nSPS) is 19.0. The summed E-state index contributed by atoms with van der Waals surface area (Å²) in [5.74, 6) is -1.02. The lowest BCUT2D eigenvalue weighted by Crippen LogP contribution is -2.19. The van der Waals surface area contributed by atoms with E-state index in [2.05, 4.69) is 20.4 Å². The van der Waals surface area contributed by atoms with Gasteiger partial charge in [-0.05, 0) is 24.3 Å². The van der Waals surface area contributed by atoms with E-state index in [0.29, 0.717) is 17.4 Å². The Kier molecular flexibility index (Phi) is 4.15. The molecule has 1 aliphatic rings. The van der Waals surface area contributed by atoms with E-state index in [0.717, 1.165) is 11.3 Å². The van der Waals surface area contributed by atoms with Gasteiger partial charge in [-0.2, -0.15) is 4.98 Å². The fourth-order valence-corrected chi connectivity index (χ4v) is 2.79. The van der Waals surface area contributed by atoms with Gasteiger partial charge in [-0.1, -0.05) is 5.16 Å². The number of ether oxygens (including phenoxy) is 1. The van der Waals surface area contributed by atoms with Gasteiger partial charge in [0.1, 0.15) is 12.0 Å². The second kappa shape index (κ2) is 6.49. The number of halogens is 2. The highest BCUT2D eigenvalue weighted by atomic mass is 19.3. The molecule has 0 aliphatic carbocycles. The van der Waals surface area contributed by atoms with E-state index < -0.39 is 12.0 Å². The smallest absolute Gasteiger partial charge is 0.262 e. The summed E-state index contributed by atoms with van der Waals surface area (Å²) in [6.07, 6.45) is 1.45. The summed E-state index contributed by atoms with van der Waals surface area (Å²) in [5.41, 5.74) is 1.43. The predicted molar refractivity (Wildman–Crippen MR) is 85.9 cm³/mol. The number of aromatic nitrogens is 3. The first-order valence-electron chi connectivity index (χ1n) is 8.05. The highest BCUT2D eigenvalue weighted by molar-refractivity contribution is 5.54. The van der Waals surface area contributed by atoms with Crippen LogP contribution in [0.1, 0.15) is 29.9 Å². The molecule has 0 radical (unpaired) electrons. The highest BCUT2D eigenvalue weighted by Gasteiger charge is 2.42. The molecule has 3 aromatic rings. The van der Waals surface area contributed by atoms with E-state index >= 15 is 0 Å². The van der Waals surface area contributed by atoms with E-state index in [4.69, 9.17) is 13.7 Å². The number of methoxy groups -OCH3 is 1. The van der Waals surface area contributed by atoms with Gasteiger partial charge in [-0.25, -0.2) is 13.8 Å². The van der Waals surface area contributed by atoms with Gasteiger partial charge < -0.3 is 13.7 Å². The van der Waals surface area contributed by atoms with Crippen molar-refractivity contribution in [3.05, 3.63) is 47.9 Å². The molecule has 0 bridgehead atoms. The van der Waals surface area contributed by atoms with Crippen LogP contribution in [0.5, 0.6) is 5.75 Å². The first-order chi connectivity index (χ1) is 12.5. The first-order valence-corrected chi connectivity index (χ1v) is 8.05. The molecule has 7 nitrogen and oxygen atoms in total. The van der Waals surface area contributed by atoms with Crippen molar-refractivity contribution in [3.8, 4) is 17.2 Å². The molecule has 1 unspecified atom stereocenters. The Bertz CT molecular complexity index is 892. The quantitative estimate of drug-likeness (QED) is 0.747. The van der Waals surface area contributed by atoms with E-state index in [9.17, 15) is 8.78 Å². The Morgan fingerprint density at radius 1 is 1.27 bits per heavy atom. The summed E-state index contributed by atoms with van der Waals surface area (Å²) < 4.78 is 42.2. The van der Waals surface area contributed by atoms with E-state index in [-0.39, 0.29) is 25.3 Å². The summed E-state index contributed by atoms with van der Waals surface area (Å²) >= 11 is 0. The molecule has 4 rings (SSSR count). The predicted octanol–water partition coefficient (Wildman–Crippen LogP) is 2.99. The lowest BCUT2D eigenvalue weighted by atomic mass is 10.2. The Labute approximate surface area is 147 Å². The molecule has 1 saturated heterocycles. The van der Waals surface area contributed by atoms with Crippen LogP contribution in [-0.4, -0.2) is 34.7 Å². The molecular formula is C17H16F2N4O3. The molecule has 3 heterocycles. The average Bonchev–Trinajstić information content (AvgIpc) is 3.35. The van der Waals surface area contributed by atoms with Crippen LogP contribution >= 0.6 is 0 Å². The minimum absolute atomic E-state index is 0.163. The van der Waals surface area contributed by atoms with Gasteiger partial charge in [0.05, 0.1) is 31.8 Å². The van der Waals surface area contributed by atoms with Crippen LogP contribution in [0.3, 0.4) is 0 Å². The monoisotopic (exact) mass is 362 g/mol. The molecule has 1 aliphatic heterocycles. The van der Waals surface area contributed by atoms with E-state index in [1.165, 1.54) is 6.26 Å². The second-order valence-corrected chi connectivity index (χ2v) is 6.09. The highest BCUT2D eigenvalue weighted by Crippen LogP contribution is 2.33. The molecule has 26 heavy (non-hydrogen) atoms. The zero-order valence-electron chi connectivity index (χ0n) is 13.9. The Hall–Kier alpha value is -2.81. The van der Waals surface area contributed by atoms with E-state index in [1.807, 2.05) is 24.3 Å². The maximum Gasteiger partial charge on any atom is 0.262 e. The number of nitrogens with zero attached hydrogens (tertiary/aromatic N) is 3. The fourth-order valence-electron chi connectivity index (χ4n) is 2.79. The topological polar surface area (TPSA) is 86.2 Å². The summed E-state index contributed by atoms with van der Waals surface area (Å²) in [5, 5.41) is 6.52. The number of hydrogen-bond donors (Lipinski definition) is 1. The van der Waals surface area contributed by atoms with Crippen molar-refractivity contribution in [2.75, 3.05) is 13.7 Å². The maximum atomic E-state index is 13.3. The molecule has 9 heteroatoms. The third-order valence-corrected chi connectivity index (χ3v) is 4.12. The van der Waals surface area contributed by atoms with Crippen LogP contribution in [0.25, 0.3) is 11.5 Å². The van der Waals surface area contributed by atoms with Gasteiger partial charge in [0.25, 0.3) is 5.92 Å². The maximum absolute atomic E-state index is 13.3. The Morgan fingerprint density at radius 2 is 2.08 bits per heavy atom. The van der Waals surface area contributed by atoms with Gasteiger partial charge in [0, 0.05) is 12.0 Å². The molecule has 0 spiro atoms. The van der Waals surface area contributed by atoms with Crippen LogP contribution in [-0.2, 0) is 6.42 Å². The van der Waals surface area contributed by atoms with Crippen LogP contribution in [0.15, 0.2) is 39.5 Å². The molecule has 1 N–H and O–H groups in total. The van der Waals surface area contributed by atoms with Crippen molar-refractivity contribution < 1.29 is 22.5 Å².